The standard InChI is InChI=1S/C15H28N2O2/c1-12-5-3-8-16-14(12)11-15(19)17(9-4-10-18)13-6-2-7-13/h12-14,16,18H,2-11H2,1H3. The van der Waals surface area contributed by atoms with Crippen molar-refractivity contribution in [3.63, 3.8) is 0 Å². The number of hydrogen-bond donors (Lipinski definition) is 2. The third-order valence-corrected chi connectivity index (χ3v) is 4.72. The van der Waals surface area contributed by atoms with Crippen LogP contribution in [0.1, 0.15) is 51.9 Å². The molecule has 0 bridgehead atoms. The fraction of sp³-hybridized carbons (Fsp3) is 0.933. The summed E-state index contributed by atoms with van der Waals surface area (Å²) in [6.07, 6.45) is 7.31. The second kappa shape index (κ2) is 7.25. The van der Waals surface area contributed by atoms with Gasteiger partial charge in [0.25, 0.3) is 0 Å². The molecule has 1 aliphatic carbocycles. The van der Waals surface area contributed by atoms with Crippen LogP contribution in [0.15, 0.2) is 0 Å². The molecule has 2 atom stereocenters. The van der Waals surface area contributed by atoms with Crippen molar-refractivity contribution >= 4 is 5.91 Å². The van der Waals surface area contributed by atoms with E-state index in [2.05, 4.69) is 12.2 Å². The molecule has 1 saturated carbocycles. The van der Waals surface area contributed by atoms with Gasteiger partial charge in [-0.2, -0.15) is 0 Å². The number of aliphatic hydroxyl groups is 1. The van der Waals surface area contributed by atoms with Crippen molar-refractivity contribution < 1.29 is 9.90 Å². The Hall–Kier alpha value is -0.610. The van der Waals surface area contributed by atoms with Gasteiger partial charge in [0.2, 0.25) is 5.91 Å². The molecule has 0 spiro atoms. The Balaban J connectivity index is 1.86. The first-order valence-electron chi connectivity index (χ1n) is 7.86. The number of aliphatic hydroxyl groups excluding tert-OH is 1. The molecule has 2 rings (SSSR count). The molecule has 1 saturated heterocycles. The molecule has 19 heavy (non-hydrogen) atoms. The first kappa shape index (κ1) is 14.8. The fourth-order valence-corrected chi connectivity index (χ4v) is 3.14. The van der Waals surface area contributed by atoms with E-state index in [-0.39, 0.29) is 12.5 Å². The summed E-state index contributed by atoms with van der Waals surface area (Å²) in [6, 6.07) is 0.788. The van der Waals surface area contributed by atoms with Crippen LogP contribution in [0.4, 0.5) is 0 Å². The first-order valence-corrected chi connectivity index (χ1v) is 7.86. The van der Waals surface area contributed by atoms with E-state index in [0.717, 1.165) is 25.9 Å². The van der Waals surface area contributed by atoms with E-state index in [9.17, 15) is 4.79 Å². The smallest absolute Gasteiger partial charge is 0.224 e. The summed E-state index contributed by atoms with van der Waals surface area (Å²) in [4.78, 5) is 14.5. The van der Waals surface area contributed by atoms with Crippen LogP contribution in [-0.4, -0.2) is 47.7 Å². The molecule has 2 fully saturated rings. The van der Waals surface area contributed by atoms with Gasteiger partial charge in [0, 0.05) is 31.7 Å². The Morgan fingerprint density at radius 3 is 2.68 bits per heavy atom. The van der Waals surface area contributed by atoms with Gasteiger partial charge in [0.05, 0.1) is 0 Å². The minimum absolute atomic E-state index is 0.175. The number of piperidine rings is 1. The lowest BCUT2D eigenvalue weighted by atomic mass is 9.88. The van der Waals surface area contributed by atoms with Gasteiger partial charge in [0.15, 0.2) is 0 Å². The van der Waals surface area contributed by atoms with E-state index in [4.69, 9.17) is 5.11 Å². The molecule has 2 unspecified atom stereocenters. The van der Waals surface area contributed by atoms with Crippen molar-refractivity contribution in [2.45, 2.75) is 64.0 Å². The third kappa shape index (κ3) is 3.93. The fourth-order valence-electron chi connectivity index (χ4n) is 3.14. The van der Waals surface area contributed by atoms with Crippen molar-refractivity contribution in [1.29, 1.82) is 0 Å². The number of nitrogens with one attached hydrogen (secondary N) is 1. The Morgan fingerprint density at radius 1 is 1.32 bits per heavy atom. The normalized spacial score (nSPS) is 27.9. The first-order chi connectivity index (χ1) is 9.22. The molecule has 0 aromatic rings. The van der Waals surface area contributed by atoms with Crippen LogP contribution >= 0.6 is 0 Å². The predicted molar refractivity (Wildman–Crippen MR) is 75.9 cm³/mol. The lowest BCUT2D eigenvalue weighted by Gasteiger charge is -2.39. The number of rotatable bonds is 6. The molecule has 4 heteroatoms. The largest absolute Gasteiger partial charge is 0.396 e. The van der Waals surface area contributed by atoms with E-state index in [1.165, 1.54) is 19.3 Å². The average molecular weight is 268 g/mol. The number of carbonyl (C=O) groups excluding carboxylic acids is 1. The monoisotopic (exact) mass is 268 g/mol. The molecule has 110 valence electrons. The molecule has 2 N–H and O–H groups in total. The summed E-state index contributed by atoms with van der Waals surface area (Å²) < 4.78 is 0. The molecule has 1 amide bonds. The van der Waals surface area contributed by atoms with Crippen molar-refractivity contribution in [1.82, 2.24) is 10.2 Å². The van der Waals surface area contributed by atoms with Gasteiger partial charge in [-0.05, 0) is 51.0 Å². The van der Waals surface area contributed by atoms with Crippen LogP contribution < -0.4 is 5.32 Å². The highest BCUT2D eigenvalue weighted by atomic mass is 16.3. The third-order valence-electron chi connectivity index (χ3n) is 4.72. The maximum atomic E-state index is 12.5. The van der Waals surface area contributed by atoms with Crippen LogP contribution in [0.5, 0.6) is 0 Å². The Labute approximate surface area is 116 Å². The minimum atomic E-state index is 0.175. The van der Waals surface area contributed by atoms with Crippen molar-refractivity contribution in [3.8, 4) is 0 Å². The lowest BCUT2D eigenvalue weighted by Crippen LogP contribution is -2.49. The summed E-state index contributed by atoms with van der Waals surface area (Å²) in [6.45, 7) is 4.18. The molecule has 2 aliphatic rings. The second-order valence-corrected chi connectivity index (χ2v) is 6.13. The van der Waals surface area contributed by atoms with Crippen LogP contribution in [0, 0.1) is 5.92 Å². The highest BCUT2D eigenvalue weighted by Gasteiger charge is 2.31. The summed E-state index contributed by atoms with van der Waals surface area (Å²) in [5.41, 5.74) is 0. The summed E-state index contributed by atoms with van der Waals surface area (Å²) in [5.74, 6) is 0.878. The topological polar surface area (TPSA) is 52.6 Å². The van der Waals surface area contributed by atoms with Crippen LogP contribution in [0.25, 0.3) is 0 Å². The summed E-state index contributed by atoms with van der Waals surface area (Å²) in [5, 5.41) is 12.5. The summed E-state index contributed by atoms with van der Waals surface area (Å²) >= 11 is 0. The van der Waals surface area contributed by atoms with Crippen LogP contribution in [0.2, 0.25) is 0 Å². The zero-order chi connectivity index (χ0) is 13.7. The zero-order valence-corrected chi connectivity index (χ0v) is 12.1. The SMILES string of the molecule is CC1CCCNC1CC(=O)N(CCCO)C1CCC1. The van der Waals surface area contributed by atoms with Gasteiger partial charge >= 0.3 is 0 Å². The van der Waals surface area contributed by atoms with Crippen LogP contribution in [-0.2, 0) is 4.79 Å². The van der Waals surface area contributed by atoms with E-state index < -0.39 is 0 Å². The molecule has 4 nitrogen and oxygen atoms in total. The molecular formula is C15H28N2O2. The van der Waals surface area contributed by atoms with Gasteiger partial charge < -0.3 is 15.3 Å². The Bertz CT molecular complexity index is 292. The molecule has 1 heterocycles. The molecule has 0 aromatic heterocycles. The van der Waals surface area contributed by atoms with E-state index in [0.29, 0.717) is 30.8 Å². The van der Waals surface area contributed by atoms with Crippen molar-refractivity contribution in [3.05, 3.63) is 0 Å². The molecule has 1 aliphatic heterocycles. The zero-order valence-electron chi connectivity index (χ0n) is 12.1. The lowest BCUT2D eigenvalue weighted by molar-refractivity contribution is -0.136. The predicted octanol–water partition coefficient (Wildman–Crippen LogP) is 1.53. The Kier molecular flexibility index (Phi) is 5.64. The second-order valence-electron chi connectivity index (χ2n) is 6.13. The summed E-state index contributed by atoms with van der Waals surface area (Å²) in [7, 11) is 0. The maximum Gasteiger partial charge on any atom is 0.224 e. The van der Waals surface area contributed by atoms with Gasteiger partial charge in [-0.1, -0.05) is 6.92 Å². The van der Waals surface area contributed by atoms with Gasteiger partial charge in [0.1, 0.15) is 0 Å². The average Bonchev–Trinajstić information content (AvgIpc) is 2.34. The number of nitrogens with zero attached hydrogens (tertiary/aromatic N) is 1. The number of carbonyl (C=O) groups is 1. The number of amides is 1. The van der Waals surface area contributed by atoms with E-state index in [1.807, 2.05) is 4.90 Å². The van der Waals surface area contributed by atoms with Gasteiger partial charge in [-0.3, -0.25) is 4.79 Å². The van der Waals surface area contributed by atoms with Gasteiger partial charge in [-0.15, -0.1) is 0 Å². The minimum Gasteiger partial charge on any atom is -0.396 e. The van der Waals surface area contributed by atoms with E-state index >= 15 is 0 Å². The Morgan fingerprint density at radius 2 is 2.11 bits per heavy atom. The molecular weight excluding hydrogens is 240 g/mol. The van der Waals surface area contributed by atoms with Gasteiger partial charge in [-0.25, -0.2) is 0 Å². The van der Waals surface area contributed by atoms with Crippen molar-refractivity contribution in [2.24, 2.45) is 5.92 Å². The molecule has 0 radical (unpaired) electrons. The molecule has 0 aromatic carbocycles. The number of hydrogen-bond acceptors (Lipinski definition) is 3. The maximum absolute atomic E-state index is 12.5. The van der Waals surface area contributed by atoms with Crippen LogP contribution in [0.3, 0.4) is 0 Å². The quantitative estimate of drug-likeness (QED) is 0.768. The van der Waals surface area contributed by atoms with E-state index in [1.54, 1.807) is 0 Å². The van der Waals surface area contributed by atoms with Crippen molar-refractivity contribution in [2.75, 3.05) is 19.7 Å². The highest BCUT2D eigenvalue weighted by Crippen LogP contribution is 2.27. The highest BCUT2D eigenvalue weighted by molar-refractivity contribution is 5.77.